The number of halogens is 1. The van der Waals surface area contributed by atoms with Crippen LogP contribution in [0.25, 0.3) is 12.2 Å². The SMILES string of the molecule is CN(C)CCOc1ccc(Br)c(C=CC(=O)CC(=O)C=Cc2ccc(O)cc2)c1. The van der Waals surface area contributed by atoms with E-state index in [1.807, 2.05) is 37.2 Å². The lowest BCUT2D eigenvalue weighted by molar-refractivity contribution is -0.121. The number of nitrogens with zero attached hydrogens (tertiary/aromatic N) is 1. The van der Waals surface area contributed by atoms with Gasteiger partial charge in [-0.05, 0) is 67.7 Å². The number of allylic oxidation sites excluding steroid dienone is 2. The summed E-state index contributed by atoms with van der Waals surface area (Å²) in [6, 6.07) is 12.0. The van der Waals surface area contributed by atoms with Gasteiger partial charge in [0.1, 0.15) is 18.1 Å². The molecule has 0 unspecified atom stereocenters. The van der Waals surface area contributed by atoms with Crippen molar-refractivity contribution >= 4 is 39.6 Å². The van der Waals surface area contributed by atoms with Crippen molar-refractivity contribution in [2.75, 3.05) is 27.2 Å². The Labute approximate surface area is 179 Å². The molecular formula is C23H24BrNO4. The standard InChI is InChI=1S/C23H24BrNO4/c1-25(2)13-14-29-22-11-12-23(24)18(15-22)6-10-21(28)16-20(27)9-5-17-3-7-19(26)8-4-17/h3-12,15,26H,13-14,16H2,1-2H3. The van der Waals surface area contributed by atoms with Crippen LogP contribution in [0.2, 0.25) is 0 Å². The van der Waals surface area contributed by atoms with Crippen molar-refractivity contribution < 1.29 is 19.4 Å². The molecule has 0 saturated heterocycles. The Hall–Kier alpha value is -2.70. The fourth-order valence-corrected chi connectivity index (χ4v) is 2.71. The predicted octanol–water partition coefficient (Wildman–Crippen LogP) is 4.35. The molecule has 152 valence electrons. The van der Waals surface area contributed by atoms with E-state index in [-0.39, 0.29) is 23.7 Å². The zero-order valence-corrected chi connectivity index (χ0v) is 18.1. The molecule has 0 spiro atoms. The third kappa shape index (κ3) is 8.46. The van der Waals surface area contributed by atoms with Gasteiger partial charge in [-0.1, -0.05) is 40.2 Å². The monoisotopic (exact) mass is 457 g/mol. The van der Waals surface area contributed by atoms with Crippen LogP contribution in [-0.2, 0) is 9.59 Å². The second-order valence-corrected chi connectivity index (χ2v) is 7.56. The highest BCUT2D eigenvalue weighted by atomic mass is 79.9. The number of carbonyl (C=O) groups is 2. The maximum absolute atomic E-state index is 12.1. The molecule has 0 radical (unpaired) electrons. The first-order valence-electron chi connectivity index (χ1n) is 9.11. The molecular weight excluding hydrogens is 434 g/mol. The molecule has 0 aliphatic rings. The van der Waals surface area contributed by atoms with E-state index in [9.17, 15) is 14.7 Å². The van der Waals surface area contributed by atoms with Gasteiger partial charge in [0.15, 0.2) is 11.6 Å². The van der Waals surface area contributed by atoms with Gasteiger partial charge in [0.2, 0.25) is 0 Å². The minimum absolute atomic E-state index is 0.159. The molecule has 0 fully saturated rings. The molecule has 2 aromatic carbocycles. The fourth-order valence-electron chi connectivity index (χ4n) is 2.33. The summed E-state index contributed by atoms with van der Waals surface area (Å²) in [7, 11) is 3.96. The van der Waals surface area contributed by atoms with Gasteiger partial charge in [0.05, 0.1) is 6.42 Å². The molecule has 2 aromatic rings. The van der Waals surface area contributed by atoms with Gasteiger partial charge < -0.3 is 14.7 Å². The second-order valence-electron chi connectivity index (χ2n) is 6.70. The molecule has 0 aliphatic heterocycles. The lowest BCUT2D eigenvalue weighted by Gasteiger charge is -2.11. The lowest BCUT2D eigenvalue weighted by atomic mass is 10.1. The highest BCUT2D eigenvalue weighted by Crippen LogP contribution is 2.24. The molecule has 1 N–H and O–H groups in total. The number of ether oxygens (including phenoxy) is 1. The van der Waals surface area contributed by atoms with E-state index in [4.69, 9.17) is 4.74 Å². The first-order valence-corrected chi connectivity index (χ1v) is 9.91. The van der Waals surface area contributed by atoms with Gasteiger partial charge in [0, 0.05) is 11.0 Å². The Kier molecular flexibility index (Phi) is 8.83. The number of hydrogen-bond acceptors (Lipinski definition) is 5. The Morgan fingerprint density at radius 2 is 1.69 bits per heavy atom. The van der Waals surface area contributed by atoms with E-state index in [1.54, 1.807) is 24.3 Å². The van der Waals surface area contributed by atoms with E-state index in [0.717, 1.165) is 27.9 Å². The Bertz CT molecular complexity index is 902. The van der Waals surface area contributed by atoms with Gasteiger partial charge in [0.25, 0.3) is 0 Å². The van der Waals surface area contributed by atoms with Crippen LogP contribution in [0.3, 0.4) is 0 Å². The molecule has 0 heterocycles. The third-order valence-electron chi connectivity index (χ3n) is 3.93. The molecule has 2 rings (SSSR count). The molecule has 0 aromatic heterocycles. The highest BCUT2D eigenvalue weighted by Gasteiger charge is 2.05. The second kappa shape index (κ2) is 11.3. The van der Waals surface area contributed by atoms with Crippen LogP contribution in [-0.4, -0.2) is 48.8 Å². The minimum atomic E-state index is -0.285. The summed E-state index contributed by atoms with van der Waals surface area (Å²) in [6.45, 7) is 1.37. The summed E-state index contributed by atoms with van der Waals surface area (Å²) in [5.74, 6) is 0.311. The summed E-state index contributed by atoms with van der Waals surface area (Å²) in [5.41, 5.74) is 1.57. The zero-order valence-electron chi connectivity index (χ0n) is 16.5. The number of benzene rings is 2. The number of carbonyl (C=O) groups excluding carboxylic acids is 2. The van der Waals surface area contributed by atoms with Crippen molar-refractivity contribution in [1.29, 1.82) is 0 Å². The maximum atomic E-state index is 12.1. The average Bonchev–Trinajstić information content (AvgIpc) is 2.67. The lowest BCUT2D eigenvalue weighted by Crippen LogP contribution is -2.19. The number of aromatic hydroxyl groups is 1. The molecule has 5 nitrogen and oxygen atoms in total. The van der Waals surface area contributed by atoms with Crippen molar-refractivity contribution in [3.63, 3.8) is 0 Å². The molecule has 29 heavy (non-hydrogen) atoms. The number of likely N-dealkylation sites (N-methyl/N-ethyl adjacent to an activating group) is 1. The summed E-state index contributed by atoms with van der Waals surface area (Å²) < 4.78 is 6.54. The average molecular weight is 458 g/mol. The smallest absolute Gasteiger partial charge is 0.163 e. The van der Waals surface area contributed by atoms with E-state index in [0.29, 0.717) is 6.61 Å². The van der Waals surface area contributed by atoms with Crippen LogP contribution >= 0.6 is 15.9 Å². The van der Waals surface area contributed by atoms with Crippen molar-refractivity contribution in [1.82, 2.24) is 4.90 Å². The summed E-state index contributed by atoms with van der Waals surface area (Å²) in [5, 5.41) is 9.25. The van der Waals surface area contributed by atoms with Crippen LogP contribution in [0.15, 0.2) is 59.1 Å². The van der Waals surface area contributed by atoms with E-state index in [2.05, 4.69) is 15.9 Å². The quantitative estimate of drug-likeness (QED) is 0.424. The number of hydrogen-bond donors (Lipinski definition) is 1. The first kappa shape index (κ1) is 22.6. The number of ketones is 2. The van der Waals surface area contributed by atoms with E-state index in [1.165, 1.54) is 24.3 Å². The van der Waals surface area contributed by atoms with Crippen LogP contribution in [0, 0.1) is 0 Å². The largest absolute Gasteiger partial charge is 0.508 e. The van der Waals surface area contributed by atoms with Gasteiger partial charge >= 0.3 is 0 Å². The highest BCUT2D eigenvalue weighted by molar-refractivity contribution is 9.10. The van der Waals surface area contributed by atoms with Crippen LogP contribution in [0.5, 0.6) is 11.5 Å². The first-order chi connectivity index (χ1) is 13.8. The number of rotatable bonds is 10. The van der Waals surface area contributed by atoms with Gasteiger partial charge in [-0.15, -0.1) is 0 Å². The number of phenols is 1. The Morgan fingerprint density at radius 1 is 1.03 bits per heavy atom. The van der Waals surface area contributed by atoms with E-state index >= 15 is 0 Å². The predicted molar refractivity (Wildman–Crippen MR) is 119 cm³/mol. The zero-order chi connectivity index (χ0) is 21.2. The molecule has 0 aliphatic carbocycles. The van der Waals surface area contributed by atoms with Crippen molar-refractivity contribution in [2.24, 2.45) is 0 Å². The van der Waals surface area contributed by atoms with Crippen molar-refractivity contribution in [3.8, 4) is 11.5 Å². The molecule has 0 amide bonds. The van der Waals surface area contributed by atoms with Crippen LogP contribution in [0.1, 0.15) is 17.5 Å². The van der Waals surface area contributed by atoms with Crippen LogP contribution < -0.4 is 4.74 Å². The Balaban J connectivity index is 1.92. The fraction of sp³-hybridized carbons (Fsp3) is 0.217. The van der Waals surface area contributed by atoms with Gasteiger partial charge in [-0.25, -0.2) is 0 Å². The Morgan fingerprint density at radius 3 is 2.34 bits per heavy atom. The van der Waals surface area contributed by atoms with E-state index < -0.39 is 0 Å². The van der Waals surface area contributed by atoms with Gasteiger partial charge in [-0.3, -0.25) is 9.59 Å². The number of phenolic OH excluding ortho intramolecular Hbond substituents is 1. The normalized spacial score (nSPS) is 11.4. The van der Waals surface area contributed by atoms with Crippen molar-refractivity contribution in [3.05, 3.63) is 70.2 Å². The topological polar surface area (TPSA) is 66.8 Å². The molecule has 0 saturated carbocycles. The molecule has 6 heteroatoms. The van der Waals surface area contributed by atoms with Crippen molar-refractivity contribution in [2.45, 2.75) is 6.42 Å². The summed E-state index contributed by atoms with van der Waals surface area (Å²) in [4.78, 5) is 26.1. The third-order valence-corrected chi connectivity index (χ3v) is 4.65. The minimum Gasteiger partial charge on any atom is -0.508 e. The van der Waals surface area contributed by atoms with Gasteiger partial charge in [-0.2, -0.15) is 0 Å². The summed E-state index contributed by atoms with van der Waals surface area (Å²) >= 11 is 3.46. The maximum Gasteiger partial charge on any atom is 0.163 e. The summed E-state index contributed by atoms with van der Waals surface area (Å²) in [6.07, 6.45) is 5.84. The van der Waals surface area contributed by atoms with Crippen LogP contribution in [0.4, 0.5) is 0 Å². The molecule has 0 bridgehead atoms. The molecule has 0 atom stereocenters.